The number of nitrogens with zero attached hydrogens (tertiary/aromatic N) is 4. The van der Waals surface area contributed by atoms with E-state index in [1.807, 2.05) is 96.4 Å². The number of hydrogen-bond acceptors (Lipinski definition) is 5. The Balaban J connectivity index is 1.51. The van der Waals surface area contributed by atoms with Crippen molar-refractivity contribution < 1.29 is 4.79 Å². The zero-order valence-electron chi connectivity index (χ0n) is 17.0. The van der Waals surface area contributed by atoms with E-state index in [1.54, 1.807) is 6.21 Å². The van der Waals surface area contributed by atoms with Crippen LogP contribution in [0.4, 0.5) is 0 Å². The lowest BCUT2D eigenvalue weighted by Gasteiger charge is -2.10. The summed E-state index contributed by atoms with van der Waals surface area (Å²) in [5.74, 6) is 0.693. The number of carbonyl (C=O) groups excluding carboxylic acids is 1. The number of rotatable bonds is 7. The van der Waals surface area contributed by atoms with Crippen LogP contribution in [0.1, 0.15) is 11.1 Å². The molecule has 154 valence electrons. The predicted octanol–water partition coefficient (Wildman–Crippen LogP) is 4.49. The average Bonchev–Trinajstić information content (AvgIpc) is 3.23. The number of amides is 1. The molecule has 0 aliphatic rings. The third-order valence-corrected chi connectivity index (χ3v) is 5.42. The van der Waals surface area contributed by atoms with Gasteiger partial charge in [0.1, 0.15) is 0 Å². The summed E-state index contributed by atoms with van der Waals surface area (Å²) in [5.41, 5.74) is 6.56. The van der Waals surface area contributed by atoms with Crippen molar-refractivity contribution in [2.75, 3.05) is 5.75 Å². The van der Waals surface area contributed by atoms with E-state index in [9.17, 15) is 4.79 Å². The molecule has 0 saturated carbocycles. The minimum atomic E-state index is -0.211. The molecule has 1 aromatic heterocycles. The molecule has 4 aromatic rings. The highest BCUT2D eigenvalue weighted by atomic mass is 32.2. The molecule has 1 heterocycles. The maximum Gasteiger partial charge on any atom is 0.250 e. The second-order valence-corrected chi connectivity index (χ2v) is 7.78. The summed E-state index contributed by atoms with van der Waals surface area (Å²) < 4.78 is 1.97. The number of carbonyl (C=O) groups is 1. The zero-order valence-corrected chi connectivity index (χ0v) is 17.8. The molecule has 1 amide bonds. The van der Waals surface area contributed by atoms with Gasteiger partial charge in [0.2, 0.25) is 0 Å². The van der Waals surface area contributed by atoms with Crippen LogP contribution in [0, 0.1) is 6.92 Å². The lowest BCUT2D eigenvalue weighted by molar-refractivity contribution is -0.118. The summed E-state index contributed by atoms with van der Waals surface area (Å²) in [5, 5.41) is 13.4. The van der Waals surface area contributed by atoms with Crippen LogP contribution in [0.25, 0.3) is 17.1 Å². The van der Waals surface area contributed by atoms with Crippen molar-refractivity contribution in [3.05, 3.63) is 96.1 Å². The number of nitrogens with one attached hydrogen (secondary N) is 1. The van der Waals surface area contributed by atoms with Crippen LogP contribution >= 0.6 is 11.8 Å². The SMILES string of the molecule is Cc1ccc(-c2nnc(SCC(=O)N/N=C\c3ccccc3)n2-c2ccccc2)cc1. The van der Waals surface area contributed by atoms with Gasteiger partial charge in [0.15, 0.2) is 11.0 Å². The Labute approximate surface area is 185 Å². The Hall–Kier alpha value is -3.71. The number of thioether (sulfide) groups is 1. The van der Waals surface area contributed by atoms with E-state index in [0.29, 0.717) is 5.16 Å². The van der Waals surface area contributed by atoms with Crippen LogP contribution in [0.2, 0.25) is 0 Å². The topological polar surface area (TPSA) is 72.2 Å². The Bertz CT molecular complexity index is 1170. The Morgan fingerprint density at radius 2 is 1.65 bits per heavy atom. The molecule has 0 radical (unpaired) electrons. The highest BCUT2D eigenvalue weighted by molar-refractivity contribution is 7.99. The number of aromatic nitrogens is 3. The predicted molar refractivity (Wildman–Crippen MR) is 124 cm³/mol. The molecule has 3 aromatic carbocycles. The molecule has 1 N–H and O–H groups in total. The number of hydrazone groups is 1. The van der Waals surface area contributed by atoms with Crippen LogP contribution < -0.4 is 5.43 Å². The second kappa shape index (κ2) is 9.86. The summed E-state index contributed by atoms with van der Waals surface area (Å²) in [7, 11) is 0. The van der Waals surface area contributed by atoms with Crippen LogP contribution in [0.3, 0.4) is 0 Å². The smallest absolute Gasteiger partial charge is 0.250 e. The lowest BCUT2D eigenvalue weighted by Crippen LogP contribution is -2.20. The summed E-state index contributed by atoms with van der Waals surface area (Å²) in [6.45, 7) is 2.05. The molecular weight excluding hydrogens is 406 g/mol. The zero-order chi connectivity index (χ0) is 21.5. The van der Waals surface area contributed by atoms with Crippen molar-refractivity contribution in [1.82, 2.24) is 20.2 Å². The first-order chi connectivity index (χ1) is 15.2. The van der Waals surface area contributed by atoms with Crippen LogP contribution in [0.5, 0.6) is 0 Å². The molecule has 7 heteroatoms. The number of hydrogen-bond donors (Lipinski definition) is 1. The molecule has 0 aliphatic heterocycles. The quantitative estimate of drug-likeness (QED) is 0.268. The van der Waals surface area contributed by atoms with E-state index in [1.165, 1.54) is 17.3 Å². The molecule has 0 atom stereocenters. The van der Waals surface area contributed by atoms with Gasteiger partial charge in [0.25, 0.3) is 5.91 Å². The minimum absolute atomic E-state index is 0.172. The monoisotopic (exact) mass is 427 g/mol. The van der Waals surface area contributed by atoms with Crippen molar-refractivity contribution in [3.8, 4) is 17.1 Å². The van der Waals surface area contributed by atoms with Crippen LogP contribution in [-0.4, -0.2) is 32.6 Å². The highest BCUT2D eigenvalue weighted by Gasteiger charge is 2.17. The summed E-state index contributed by atoms with van der Waals surface area (Å²) in [6.07, 6.45) is 1.62. The Morgan fingerprint density at radius 1 is 0.968 bits per heavy atom. The van der Waals surface area contributed by atoms with Gasteiger partial charge in [-0.25, -0.2) is 5.43 Å². The van der Waals surface area contributed by atoms with Crippen molar-refractivity contribution in [1.29, 1.82) is 0 Å². The largest absolute Gasteiger partial charge is 0.272 e. The Kier molecular flexibility index (Phi) is 6.54. The van der Waals surface area contributed by atoms with Gasteiger partial charge in [-0.3, -0.25) is 9.36 Å². The average molecular weight is 428 g/mol. The van der Waals surface area contributed by atoms with Gasteiger partial charge >= 0.3 is 0 Å². The summed E-state index contributed by atoms with van der Waals surface area (Å²) in [4.78, 5) is 12.3. The van der Waals surface area contributed by atoms with Crippen molar-refractivity contribution in [2.24, 2.45) is 5.10 Å². The van der Waals surface area contributed by atoms with E-state index in [0.717, 1.165) is 22.6 Å². The van der Waals surface area contributed by atoms with E-state index in [2.05, 4.69) is 20.7 Å². The minimum Gasteiger partial charge on any atom is -0.272 e. The fraction of sp³-hybridized carbons (Fsp3) is 0.0833. The van der Waals surface area contributed by atoms with Gasteiger partial charge < -0.3 is 0 Å². The van der Waals surface area contributed by atoms with Gasteiger partial charge in [-0.05, 0) is 24.6 Å². The molecule has 0 unspecified atom stereocenters. The normalized spacial score (nSPS) is 11.0. The molecule has 6 nitrogen and oxygen atoms in total. The molecule has 0 spiro atoms. The maximum atomic E-state index is 12.3. The molecule has 31 heavy (non-hydrogen) atoms. The van der Waals surface area contributed by atoms with Crippen molar-refractivity contribution >= 4 is 23.9 Å². The number of benzene rings is 3. The van der Waals surface area contributed by atoms with E-state index in [-0.39, 0.29) is 11.7 Å². The fourth-order valence-electron chi connectivity index (χ4n) is 2.94. The van der Waals surface area contributed by atoms with E-state index >= 15 is 0 Å². The van der Waals surface area contributed by atoms with Crippen LogP contribution in [-0.2, 0) is 4.79 Å². The standard InChI is InChI=1S/C24H21N5OS/c1-18-12-14-20(15-13-18)23-27-28-24(29(23)21-10-6-3-7-11-21)31-17-22(30)26-25-16-19-8-4-2-5-9-19/h2-16H,17H2,1H3,(H,26,30)/b25-16-. The van der Waals surface area contributed by atoms with E-state index < -0.39 is 0 Å². The number of aryl methyl sites for hydroxylation is 1. The molecule has 0 bridgehead atoms. The fourth-order valence-corrected chi connectivity index (χ4v) is 3.69. The van der Waals surface area contributed by atoms with Crippen molar-refractivity contribution in [3.63, 3.8) is 0 Å². The first-order valence-corrected chi connectivity index (χ1v) is 10.8. The second-order valence-electron chi connectivity index (χ2n) is 6.84. The third-order valence-electron chi connectivity index (χ3n) is 4.49. The highest BCUT2D eigenvalue weighted by Crippen LogP contribution is 2.28. The van der Waals surface area contributed by atoms with Gasteiger partial charge in [-0.15, -0.1) is 10.2 Å². The van der Waals surface area contributed by atoms with Gasteiger partial charge in [0.05, 0.1) is 12.0 Å². The molecule has 4 rings (SSSR count). The molecular formula is C24H21N5OS. The first kappa shape index (κ1) is 20.6. The molecule has 0 saturated heterocycles. The van der Waals surface area contributed by atoms with Gasteiger partial charge in [-0.1, -0.05) is 90.1 Å². The Morgan fingerprint density at radius 3 is 2.35 bits per heavy atom. The summed E-state index contributed by atoms with van der Waals surface area (Å²) in [6, 6.07) is 27.6. The third kappa shape index (κ3) is 5.26. The van der Waals surface area contributed by atoms with E-state index in [4.69, 9.17) is 0 Å². The van der Waals surface area contributed by atoms with Gasteiger partial charge in [0, 0.05) is 11.3 Å². The van der Waals surface area contributed by atoms with Crippen LogP contribution in [0.15, 0.2) is 95.2 Å². The van der Waals surface area contributed by atoms with Crippen molar-refractivity contribution in [2.45, 2.75) is 12.1 Å². The van der Waals surface area contributed by atoms with Gasteiger partial charge in [-0.2, -0.15) is 5.10 Å². The molecule has 0 aliphatic carbocycles. The molecule has 0 fully saturated rings. The summed E-state index contributed by atoms with van der Waals surface area (Å²) >= 11 is 1.32. The number of para-hydroxylation sites is 1. The maximum absolute atomic E-state index is 12.3. The lowest BCUT2D eigenvalue weighted by atomic mass is 10.1. The first-order valence-electron chi connectivity index (χ1n) is 9.78.